The number of carboxylic acids is 1. The average Bonchev–Trinajstić information content (AvgIpc) is 2.08. The lowest BCUT2D eigenvalue weighted by Crippen LogP contribution is -2.02. The van der Waals surface area contributed by atoms with Gasteiger partial charge >= 0.3 is 5.97 Å². The van der Waals surface area contributed by atoms with E-state index < -0.39 is 5.97 Å². The van der Waals surface area contributed by atoms with Gasteiger partial charge in [-0.3, -0.25) is 11.7 Å². The predicted molar refractivity (Wildman–Crippen MR) is 46.5 cm³/mol. The van der Waals surface area contributed by atoms with E-state index in [1.54, 1.807) is 25.1 Å². The third kappa shape index (κ3) is 2.69. The molecule has 66 valence electrons. The Balaban J connectivity index is 0.000000561. The van der Waals surface area contributed by atoms with Crippen LogP contribution in [0.4, 0.5) is 0 Å². The number of benzene rings is 1. The molecule has 4 heteroatoms. The zero-order valence-corrected chi connectivity index (χ0v) is 6.82. The Morgan fingerprint density at radius 3 is 2.17 bits per heavy atom. The van der Waals surface area contributed by atoms with Crippen molar-refractivity contribution in [3.8, 4) is 0 Å². The zero-order valence-electron chi connectivity index (χ0n) is 6.82. The van der Waals surface area contributed by atoms with Gasteiger partial charge in [0.05, 0.1) is 5.56 Å². The second kappa shape index (κ2) is 5.29. The molecule has 0 heterocycles. The summed E-state index contributed by atoms with van der Waals surface area (Å²) in [5, 5.41) is 8.57. The molecule has 4 nitrogen and oxygen atoms in total. The first kappa shape index (κ1) is 10.6. The van der Waals surface area contributed by atoms with Gasteiger partial charge < -0.3 is 5.11 Å². The number of carbonyl (C=O) groups is 1. The zero-order chi connectivity index (χ0) is 9.56. The van der Waals surface area contributed by atoms with E-state index in [9.17, 15) is 4.79 Å². The van der Waals surface area contributed by atoms with Crippen molar-refractivity contribution < 1.29 is 9.90 Å². The molecule has 0 aliphatic heterocycles. The number of hydrogen-bond donors (Lipinski definition) is 3. The van der Waals surface area contributed by atoms with Crippen molar-refractivity contribution in [1.82, 2.24) is 0 Å². The van der Waals surface area contributed by atoms with Gasteiger partial charge in [-0.25, -0.2) is 4.79 Å². The standard InChI is InChI=1S/C8H8O2.H4N2/c1-6-4-2-3-5-7(6)8(9)10;1-2/h2-5H,1H3,(H,9,10);1-2H2. The van der Waals surface area contributed by atoms with Crippen molar-refractivity contribution in [2.45, 2.75) is 6.92 Å². The fraction of sp³-hybridized carbons (Fsp3) is 0.125. The molecule has 0 saturated heterocycles. The molecule has 1 aromatic rings. The molecule has 0 unspecified atom stereocenters. The van der Waals surface area contributed by atoms with Gasteiger partial charge in [0.15, 0.2) is 0 Å². The van der Waals surface area contributed by atoms with Gasteiger partial charge in [0, 0.05) is 0 Å². The van der Waals surface area contributed by atoms with Gasteiger partial charge in [-0.05, 0) is 18.6 Å². The lowest BCUT2D eigenvalue weighted by Gasteiger charge is -1.96. The summed E-state index contributed by atoms with van der Waals surface area (Å²) in [4.78, 5) is 10.4. The number of hydrogen-bond acceptors (Lipinski definition) is 3. The van der Waals surface area contributed by atoms with Gasteiger partial charge in [-0.15, -0.1) is 0 Å². The third-order valence-corrected chi connectivity index (χ3v) is 1.38. The molecule has 0 aromatic heterocycles. The number of aryl methyl sites for hydroxylation is 1. The molecule has 0 aliphatic carbocycles. The quantitative estimate of drug-likeness (QED) is 0.421. The number of nitrogens with two attached hydrogens (primary N) is 2. The summed E-state index contributed by atoms with van der Waals surface area (Å²) in [7, 11) is 0. The first-order chi connectivity index (χ1) is 5.72. The van der Waals surface area contributed by atoms with Gasteiger partial charge in [0.25, 0.3) is 0 Å². The van der Waals surface area contributed by atoms with E-state index in [4.69, 9.17) is 5.11 Å². The number of hydrazine groups is 1. The summed E-state index contributed by atoms with van der Waals surface area (Å²) in [6, 6.07) is 6.92. The van der Waals surface area contributed by atoms with E-state index in [-0.39, 0.29) is 0 Å². The molecule has 1 rings (SSSR count). The minimum absolute atomic E-state index is 0.377. The van der Waals surface area contributed by atoms with Crippen LogP contribution >= 0.6 is 0 Å². The Kier molecular flexibility index (Phi) is 4.67. The summed E-state index contributed by atoms with van der Waals surface area (Å²) in [5.74, 6) is 7.14. The maximum absolute atomic E-state index is 10.4. The van der Waals surface area contributed by atoms with Crippen LogP contribution in [0.1, 0.15) is 15.9 Å². The second-order valence-corrected chi connectivity index (χ2v) is 2.12. The van der Waals surface area contributed by atoms with Gasteiger partial charge in [-0.2, -0.15) is 0 Å². The molecule has 0 aliphatic rings. The van der Waals surface area contributed by atoms with E-state index in [0.717, 1.165) is 5.56 Å². The molecule has 0 fully saturated rings. The topological polar surface area (TPSA) is 89.3 Å². The monoisotopic (exact) mass is 168 g/mol. The summed E-state index contributed by atoms with van der Waals surface area (Å²) < 4.78 is 0. The molecule has 0 spiro atoms. The first-order valence-corrected chi connectivity index (χ1v) is 3.34. The second-order valence-electron chi connectivity index (χ2n) is 2.12. The molecular formula is C8H12N2O2. The van der Waals surface area contributed by atoms with Crippen molar-refractivity contribution >= 4 is 5.97 Å². The highest BCUT2D eigenvalue weighted by Gasteiger charge is 2.02. The minimum atomic E-state index is -0.863. The van der Waals surface area contributed by atoms with Crippen LogP contribution in [-0.2, 0) is 0 Å². The summed E-state index contributed by atoms with van der Waals surface area (Å²) >= 11 is 0. The smallest absolute Gasteiger partial charge is 0.335 e. The lowest BCUT2D eigenvalue weighted by molar-refractivity contribution is 0.0696. The molecule has 0 amide bonds. The van der Waals surface area contributed by atoms with Crippen LogP contribution in [0.25, 0.3) is 0 Å². The van der Waals surface area contributed by atoms with Crippen molar-refractivity contribution in [2.75, 3.05) is 0 Å². The lowest BCUT2D eigenvalue weighted by atomic mass is 10.1. The van der Waals surface area contributed by atoms with E-state index >= 15 is 0 Å². The maximum atomic E-state index is 10.4. The highest BCUT2D eigenvalue weighted by atomic mass is 16.4. The van der Waals surface area contributed by atoms with Crippen molar-refractivity contribution in [1.29, 1.82) is 0 Å². The molecule has 0 atom stereocenters. The Morgan fingerprint density at radius 1 is 1.33 bits per heavy atom. The van der Waals surface area contributed by atoms with E-state index in [1.165, 1.54) is 0 Å². The van der Waals surface area contributed by atoms with E-state index in [2.05, 4.69) is 11.7 Å². The van der Waals surface area contributed by atoms with Crippen LogP contribution in [0, 0.1) is 6.92 Å². The highest BCUT2D eigenvalue weighted by Crippen LogP contribution is 2.05. The number of carboxylic acid groups (broad SMARTS) is 1. The van der Waals surface area contributed by atoms with Gasteiger partial charge in [0.1, 0.15) is 0 Å². The highest BCUT2D eigenvalue weighted by molar-refractivity contribution is 5.89. The Hall–Kier alpha value is -1.39. The molecule has 1 aromatic carbocycles. The van der Waals surface area contributed by atoms with Crippen LogP contribution in [0.3, 0.4) is 0 Å². The Labute approximate surface area is 70.8 Å². The molecule has 0 saturated carbocycles. The molecule has 12 heavy (non-hydrogen) atoms. The maximum Gasteiger partial charge on any atom is 0.335 e. The molecule has 0 bridgehead atoms. The first-order valence-electron chi connectivity index (χ1n) is 3.34. The summed E-state index contributed by atoms with van der Waals surface area (Å²) in [5.41, 5.74) is 1.18. The van der Waals surface area contributed by atoms with Crippen molar-refractivity contribution in [2.24, 2.45) is 11.7 Å². The normalized spacial score (nSPS) is 8.25. The predicted octanol–water partition coefficient (Wildman–Crippen LogP) is 0.512. The van der Waals surface area contributed by atoms with E-state index in [1.807, 2.05) is 6.07 Å². The van der Waals surface area contributed by atoms with Crippen molar-refractivity contribution in [3.05, 3.63) is 35.4 Å². The largest absolute Gasteiger partial charge is 0.478 e. The van der Waals surface area contributed by atoms with Gasteiger partial charge in [0.2, 0.25) is 0 Å². The van der Waals surface area contributed by atoms with Crippen LogP contribution in [-0.4, -0.2) is 11.1 Å². The van der Waals surface area contributed by atoms with Crippen LogP contribution in [0.2, 0.25) is 0 Å². The molecule has 0 radical (unpaired) electrons. The fourth-order valence-electron chi connectivity index (χ4n) is 0.813. The molecular weight excluding hydrogens is 156 g/mol. The van der Waals surface area contributed by atoms with E-state index in [0.29, 0.717) is 5.56 Å². The number of aromatic carboxylic acids is 1. The summed E-state index contributed by atoms with van der Waals surface area (Å²) in [6.07, 6.45) is 0. The molecule has 5 N–H and O–H groups in total. The SMILES string of the molecule is Cc1ccccc1C(=O)O.NN. The Morgan fingerprint density at radius 2 is 1.83 bits per heavy atom. The van der Waals surface area contributed by atoms with Crippen LogP contribution in [0.15, 0.2) is 24.3 Å². The number of rotatable bonds is 1. The fourth-order valence-corrected chi connectivity index (χ4v) is 0.813. The summed E-state index contributed by atoms with van der Waals surface area (Å²) in [6.45, 7) is 1.78. The Bertz CT molecular complexity index is 261. The minimum Gasteiger partial charge on any atom is -0.478 e. The van der Waals surface area contributed by atoms with Crippen LogP contribution < -0.4 is 11.7 Å². The third-order valence-electron chi connectivity index (χ3n) is 1.38. The van der Waals surface area contributed by atoms with Gasteiger partial charge in [-0.1, -0.05) is 18.2 Å². The van der Waals surface area contributed by atoms with Crippen LogP contribution in [0.5, 0.6) is 0 Å². The average molecular weight is 168 g/mol. The van der Waals surface area contributed by atoms with Crippen molar-refractivity contribution in [3.63, 3.8) is 0 Å².